The number of hydrogen-bond acceptors (Lipinski definition) is 3. The zero-order valence-electron chi connectivity index (χ0n) is 6.15. The minimum Gasteiger partial charge on any atom is -0.508 e. The Morgan fingerprint density at radius 3 is 2.73 bits per heavy atom. The molecule has 2 N–H and O–H groups in total. The van der Waals surface area contributed by atoms with E-state index in [1.807, 2.05) is 0 Å². The fourth-order valence-electron chi connectivity index (χ4n) is 0.789. The molecule has 0 amide bonds. The average Bonchev–Trinajstić information content (AvgIpc) is 2.03. The minimum absolute atomic E-state index is 0.172. The van der Waals surface area contributed by atoms with Crippen LogP contribution in [0, 0.1) is 0 Å². The summed E-state index contributed by atoms with van der Waals surface area (Å²) in [6.07, 6.45) is 0. The van der Waals surface area contributed by atoms with Crippen molar-refractivity contribution < 1.29 is 10.3 Å². The lowest BCUT2D eigenvalue weighted by Crippen LogP contribution is -1.92. The van der Waals surface area contributed by atoms with Crippen LogP contribution in [0.2, 0.25) is 0 Å². The number of oxime groups is 1. The van der Waals surface area contributed by atoms with Crippen molar-refractivity contribution in [1.29, 1.82) is 0 Å². The van der Waals surface area contributed by atoms with Gasteiger partial charge in [-0.1, -0.05) is 17.3 Å². The van der Waals surface area contributed by atoms with Crippen molar-refractivity contribution in [2.45, 2.75) is 6.92 Å². The molecule has 0 radical (unpaired) electrons. The number of hydrogen-bond donors (Lipinski definition) is 2. The van der Waals surface area contributed by atoms with E-state index in [-0.39, 0.29) is 5.75 Å². The normalized spacial score (nSPS) is 11.5. The van der Waals surface area contributed by atoms with Crippen LogP contribution in [-0.4, -0.2) is 16.0 Å². The second-order valence-corrected chi connectivity index (χ2v) is 2.24. The molecule has 0 aromatic heterocycles. The topological polar surface area (TPSA) is 52.8 Å². The van der Waals surface area contributed by atoms with Gasteiger partial charge in [-0.25, -0.2) is 0 Å². The molecule has 0 saturated carbocycles. The van der Waals surface area contributed by atoms with Gasteiger partial charge in [-0.05, 0) is 19.1 Å². The lowest BCUT2D eigenvalue weighted by atomic mass is 10.1. The van der Waals surface area contributed by atoms with E-state index in [9.17, 15) is 0 Å². The Labute approximate surface area is 64.6 Å². The Kier molecular flexibility index (Phi) is 2.11. The van der Waals surface area contributed by atoms with Crippen LogP contribution in [0.5, 0.6) is 5.75 Å². The lowest BCUT2D eigenvalue weighted by molar-refractivity contribution is 0.319. The molecule has 0 spiro atoms. The highest BCUT2D eigenvalue weighted by atomic mass is 16.4. The Morgan fingerprint density at radius 2 is 2.18 bits per heavy atom. The summed E-state index contributed by atoms with van der Waals surface area (Å²) in [6, 6.07) is 6.55. The summed E-state index contributed by atoms with van der Waals surface area (Å²) in [5.41, 5.74) is 1.20. The van der Waals surface area contributed by atoms with Gasteiger partial charge in [0.25, 0.3) is 0 Å². The molecule has 0 saturated heterocycles. The van der Waals surface area contributed by atoms with Gasteiger partial charge < -0.3 is 10.3 Å². The molecule has 0 aliphatic heterocycles. The van der Waals surface area contributed by atoms with Crippen molar-refractivity contribution >= 4 is 5.71 Å². The summed E-state index contributed by atoms with van der Waals surface area (Å²) >= 11 is 0. The van der Waals surface area contributed by atoms with Crippen LogP contribution in [0.25, 0.3) is 0 Å². The van der Waals surface area contributed by atoms with Gasteiger partial charge >= 0.3 is 0 Å². The van der Waals surface area contributed by atoms with E-state index in [1.165, 1.54) is 6.07 Å². The predicted molar refractivity (Wildman–Crippen MR) is 42.1 cm³/mol. The summed E-state index contributed by atoms with van der Waals surface area (Å²) in [7, 11) is 0. The molecule has 0 aliphatic carbocycles. The summed E-state index contributed by atoms with van der Waals surface area (Å²) in [6.45, 7) is 1.66. The van der Waals surface area contributed by atoms with E-state index in [4.69, 9.17) is 10.3 Å². The summed E-state index contributed by atoms with van der Waals surface area (Å²) in [4.78, 5) is 0. The maximum absolute atomic E-state index is 9.02. The van der Waals surface area contributed by atoms with Crippen LogP contribution in [0.3, 0.4) is 0 Å². The minimum atomic E-state index is 0.172. The van der Waals surface area contributed by atoms with E-state index < -0.39 is 0 Å². The van der Waals surface area contributed by atoms with Gasteiger partial charge in [0, 0.05) is 5.56 Å². The molecule has 1 aromatic carbocycles. The van der Waals surface area contributed by atoms with Gasteiger partial charge in [-0.2, -0.15) is 0 Å². The van der Waals surface area contributed by atoms with Crippen LogP contribution < -0.4 is 0 Å². The molecule has 1 rings (SSSR count). The third kappa shape index (κ3) is 1.70. The molecule has 0 unspecified atom stereocenters. The van der Waals surface area contributed by atoms with Crippen LogP contribution in [0.15, 0.2) is 29.4 Å². The monoisotopic (exact) mass is 151 g/mol. The van der Waals surface area contributed by atoms with E-state index in [0.717, 1.165) is 0 Å². The van der Waals surface area contributed by atoms with Crippen molar-refractivity contribution in [3.05, 3.63) is 29.8 Å². The quantitative estimate of drug-likeness (QED) is 0.364. The first-order chi connectivity index (χ1) is 5.24. The molecule has 58 valence electrons. The average molecular weight is 151 g/mol. The number of rotatable bonds is 1. The van der Waals surface area contributed by atoms with Crippen LogP contribution >= 0.6 is 0 Å². The molecule has 3 heteroatoms. The Bertz CT molecular complexity index is 281. The molecular formula is C8H9NO2. The fraction of sp³-hybridized carbons (Fsp3) is 0.125. The van der Waals surface area contributed by atoms with Gasteiger partial charge in [0.1, 0.15) is 5.75 Å². The number of aromatic hydroxyl groups is 1. The smallest absolute Gasteiger partial charge is 0.116 e. The predicted octanol–water partition coefficient (Wildman–Crippen LogP) is 1.59. The molecule has 1 aromatic rings. The SMILES string of the molecule is C/C(=N/O)c1cccc(O)c1. The van der Waals surface area contributed by atoms with Gasteiger partial charge in [0.05, 0.1) is 5.71 Å². The van der Waals surface area contributed by atoms with Crippen LogP contribution in [-0.2, 0) is 0 Å². The lowest BCUT2D eigenvalue weighted by Gasteiger charge is -1.97. The third-order valence-electron chi connectivity index (χ3n) is 1.41. The second kappa shape index (κ2) is 3.05. The molecular weight excluding hydrogens is 142 g/mol. The first-order valence-corrected chi connectivity index (χ1v) is 3.22. The van der Waals surface area contributed by atoms with Crippen molar-refractivity contribution in [3.8, 4) is 5.75 Å². The molecule has 0 atom stereocenters. The second-order valence-electron chi connectivity index (χ2n) is 2.24. The zero-order chi connectivity index (χ0) is 8.27. The summed E-state index contributed by atoms with van der Waals surface area (Å²) in [5, 5.41) is 20.4. The Balaban J connectivity index is 3.06. The van der Waals surface area contributed by atoms with E-state index >= 15 is 0 Å². The van der Waals surface area contributed by atoms with Gasteiger partial charge in [-0.3, -0.25) is 0 Å². The standard InChI is InChI=1S/C8H9NO2/c1-6(9-11)7-3-2-4-8(10)5-7/h2-5,10-11H,1H3/b9-6-. The summed E-state index contributed by atoms with van der Waals surface area (Å²) in [5.74, 6) is 0.172. The molecule has 0 fully saturated rings. The maximum Gasteiger partial charge on any atom is 0.116 e. The first kappa shape index (κ1) is 7.60. The first-order valence-electron chi connectivity index (χ1n) is 3.22. The highest BCUT2D eigenvalue weighted by Crippen LogP contribution is 2.11. The number of benzene rings is 1. The van der Waals surface area contributed by atoms with Crippen molar-refractivity contribution in [1.82, 2.24) is 0 Å². The fourth-order valence-corrected chi connectivity index (χ4v) is 0.789. The molecule has 0 bridgehead atoms. The number of phenols is 1. The maximum atomic E-state index is 9.02. The number of nitrogens with zero attached hydrogens (tertiary/aromatic N) is 1. The molecule has 3 nitrogen and oxygen atoms in total. The van der Waals surface area contributed by atoms with Crippen molar-refractivity contribution in [3.63, 3.8) is 0 Å². The van der Waals surface area contributed by atoms with Crippen LogP contribution in [0.1, 0.15) is 12.5 Å². The Morgan fingerprint density at radius 1 is 1.45 bits per heavy atom. The zero-order valence-corrected chi connectivity index (χ0v) is 6.15. The third-order valence-corrected chi connectivity index (χ3v) is 1.41. The largest absolute Gasteiger partial charge is 0.508 e. The summed E-state index contributed by atoms with van der Waals surface area (Å²) < 4.78 is 0. The molecule has 0 aliphatic rings. The van der Waals surface area contributed by atoms with Gasteiger partial charge in [-0.15, -0.1) is 0 Å². The van der Waals surface area contributed by atoms with Gasteiger partial charge in [0.2, 0.25) is 0 Å². The van der Waals surface area contributed by atoms with E-state index in [1.54, 1.807) is 25.1 Å². The highest BCUT2D eigenvalue weighted by Gasteiger charge is 1.96. The van der Waals surface area contributed by atoms with Crippen molar-refractivity contribution in [2.24, 2.45) is 5.16 Å². The van der Waals surface area contributed by atoms with Crippen LogP contribution in [0.4, 0.5) is 0 Å². The molecule has 0 heterocycles. The highest BCUT2D eigenvalue weighted by molar-refractivity contribution is 5.98. The van der Waals surface area contributed by atoms with E-state index in [2.05, 4.69) is 5.16 Å². The van der Waals surface area contributed by atoms with Gasteiger partial charge in [0.15, 0.2) is 0 Å². The number of phenolic OH excluding ortho intramolecular Hbond substituents is 1. The molecule has 11 heavy (non-hydrogen) atoms. The van der Waals surface area contributed by atoms with Crippen molar-refractivity contribution in [2.75, 3.05) is 0 Å². The van der Waals surface area contributed by atoms with E-state index in [0.29, 0.717) is 11.3 Å². The Hall–Kier alpha value is -1.51.